The summed E-state index contributed by atoms with van der Waals surface area (Å²) in [6.07, 6.45) is 0.583. The number of amides is 1. The smallest absolute Gasteiger partial charge is 0.290 e. The van der Waals surface area contributed by atoms with Crippen LogP contribution in [0.15, 0.2) is 88.1 Å². The average Bonchev–Trinajstić information content (AvgIpc) is 3.05. The molecule has 0 aliphatic carbocycles. The maximum atomic E-state index is 14.8. The minimum Gasteiger partial charge on any atom is -0.450 e. The minimum absolute atomic E-state index is 0.0000136. The van der Waals surface area contributed by atoms with E-state index in [9.17, 15) is 14.0 Å². The van der Waals surface area contributed by atoms with E-state index >= 15 is 0 Å². The fraction of sp³-hybridized carbons (Fsp3) is 0.120. The van der Waals surface area contributed by atoms with Crippen LogP contribution >= 0.6 is 0 Å². The highest BCUT2D eigenvalue weighted by atomic mass is 19.1. The molecule has 5 heteroatoms. The lowest BCUT2D eigenvalue weighted by Gasteiger charge is -2.25. The number of fused-ring (bicyclic) bond motifs is 2. The van der Waals surface area contributed by atoms with Gasteiger partial charge in [-0.1, -0.05) is 60.7 Å². The van der Waals surface area contributed by atoms with Gasteiger partial charge in [-0.3, -0.25) is 9.59 Å². The standard InChI is InChI=1S/C25H18FNO3/c26-19-12-6-4-10-17(19)22-21-23(28)18-11-5-7-13-20(18)30-24(21)25(29)27(22)15-14-16-8-2-1-3-9-16/h1-13,22H,14-15H2/t22-/m1/s1. The van der Waals surface area contributed by atoms with Gasteiger partial charge in [-0.2, -0.15) is 0 Å². The van der Waals surface area contributed by atoms with Gasteiger partial charge in [0.15, 0.2) is 5.43 Å². The molecule has 0 saturated heterocycles. The molecule has 4 nitrogen and oxygen atoms in total. The molecule has 2 heterocycles. The molecule has 0 spiro atoms. The number of hydrogen-bond donors (Lipinski definition) is 0. The van der Waals surface area contributed by atoms with Crippen LogP contribution in [-0.4, -0.2) is 17.4 Å². The van der Waals surface area contributed by atoms with E-state index in [0.717, 1.165) is 5.56 Å². The van der Waals surface area contributed by atoms with Gasteiger partial charge in [0.2, 0.25) is 5.76 Å². The van der Waals surface area contributed by atoms with Crippen LogP contribution in [0.2, 0.25) is 0 Å². The Morgan fingerprint density at radius 1 is 0.867 bits per heavy atom. The molecule has 5 rings (SSSR count). The van der Waals surface area contributed by atoms with Crippen LogP contribution in [0, 0.1) is 5.82 Å². The minimum atomic E-state index is -0.821. The van der Waals surface area contributed by atoms with Crippen LogP contribution in [0.25, 0.3) is 11.0 Å². The van der Waals surface area contributed by atoms with Gasteiger partial charge in [0.1, 0.15) is 11.4 Å². The Morgan fingerprint density at radius 2 is 1.57 bits per heavy atom. The Hall–Kier alpha value is -3.73. The molecule has 1 aliphatic heterocycles. The van der Waals surface area contributed by atoms with Crippen LogP contribution in [0.1, 0.15) is 33.3 Å². The summed E-state index contributed by atoms with van der Waals surface area (Å²) in [5.41, 5.74) is 1.61. The first kappa shape index (κ1) is 18.3. The highest BCUT2D eigenvalue weighted by molar-refractivity contribution is 5.99. The van der Waals surface area contributed by atoms with Crippen molar-refractivity contribution < 1.29 is 13.6 Å². The van der Waals surface area contributed by atoms with E-state index in [1.54, 1.807) is 47.4 Å². The van der Waals surface area contributed by atoms with Gasteiger partial charge in [-0.05, 0) is 30.2 Å². The number of rotatable bonds is 4. The lowest BCUT2D eigenvalue weighted by atomic mass is 9.98. The fourth-order valence-corrected chi connectivity index (χ4v) is 4.11. The number of nitrogens with zero attached hydrogens (tertiary/aromatic N) is 1. The largest absolute Gasteiger partial charge is 0.450 e. The third-order valence-electron chi connectivity index (χ3n) is 5.56. The molecule has 1 amide bonds. The van der Waals surface area contributed by atoms with Crippen molar-refractivity contribution in [3.05, 3.63) is 117 Å². The first-order chi connectivity index (χ1) is 14.6. The van der Waals surface area contributed by atoms with Crippen molar-refractivity contribution in [1.29, 1.82) is 0 Å². The monoisotopic (exact) mass is 399 g/mol. The van der Waals surface area contributed by atoms with Gasteiger partial charge < -0.3 is 9.32 Å². The molecule has 4 aromatic rings. The molecule has 0 saturated carbocycles. The van der Waals surface area contributed by atoms with Crippen LogP contribution in [0.5, 0.6) is 0 Å². The van der Waals surface area contributed by atoms with Gasteiger partial charge >= 0.3 is 0 Å². The summed E-state index contributed by atoms with van der Waals surface area (Å²) in [7, 11) is 0. The molecule has 3 aromatic carbocycles. The Kier molecular flexibility index (Phi) is 4.43. The van der Waals surface area contributed by atoms with Gasteiger partial charge in [0.25, 0.3) is 5.91 Å². The Balaban J connectivity index is 1.67. The van der Waals surface area contributed by atoms with E-state index in [1.807, 2.05) is 30.3 Å². The zero-order valence-electron chi connectivity index (χ0n) is 16.0. The van der Waals surface area contributed by atoms with E-state index < -0.39 is 17.8 Å². The van der Waals surface area contributed by atoms with Crippen molar-refractivity contribution in [2.24, 2.45) is 0 Å². The molecule has 0 radical (unpaired) electrons. The topological polar surface area (TPSA) is 50.5 Å². The third kappa shape index (κ3) is 2.90. The maximum Gasteiger partial charge on any atom is 0.290 e. The van der Waals surface area contributed by atoms with Gasteiger partial charge in [-0.15, -0.1) is 0 Å². The second-order valence-corrected chi connectivity index (χ2v) is 7.33. The van der Waals surface area contributed by atoms with E-state index in [-0.39, 0.29) is 16.8 Å². The van der Waals surface area contributed by atoms with Crippen molar-refractivity contribution in [2.45, 2.75) is 12.5 Å². The van der Waals surface area contributed by atoms with Gasteiger partial charge in [0.05, 0.1) is 17.0 Å². The molecular weight excluding hydrogens is 381 g/mol. The summed E-state index contributed by atoms with van der Waals surface area (Å²) >= 11 is 0. The summed E-state index contributed by atoms with van der Waals surface area (Å²) in [5, 5.41) is 0.385. The highest BCUT2D eigenvalue weighted by Crippen LogP contribution is 2.39. The predicted octanol–water partition coefficient (Wildman–Crippen LogP) is 4.72. The molecule has 0 fully saturated rings. The second-order valence-electron chi connectivity index (χ2n) is 7.33. The number of carbonyl (C=O) groups excluding carboxylic acids is 1. The highest BCUT2D eigenvalue weighted by Gasteiger charge is 2.43. The van der Waals surface area contributed by atoms with Crippen LogP contribution in [0.4, 0.5) is 4.39 Å². The van der Waals surface area contributed by atoms with E-state index in [1.165, 1.54) is 6.07 Å². The summed E-state index contributed by atoms with van der Waals surface area (Å²) < 4.78 is 20.6. The zero-order valence-corrected chi connectivity index (χ0v) is 16.0. The molecule has 30 heavy (non-hydrogen) atoms. The van der Waals surface area contributed by atoms with Crippen molar-refractivity contribution in [1.82, 2.24) is 4.90 Å². The quantitative estimate of drug-likeness (QED) is 0.499. The summed E-state index contributed by atoms with van der Waals surface area (Å²) in [4.78, 5) is 28.1. The maximum absolute atomic E-state index is 14.8. The van der Waals surface area contributed by atoms with E-state index in [4.69, 9.17) is 4.42 Å². The molecule has 1 atom stereocenters. The normalized spacial score (nSPS) is 15.6. The Labute approximate surface area is 172 Å². The predicted molar refractivity (Wildman–Crippen MR) is 112 cm³/mol. The van der Waals surface area contributed by atoms with Crippen molar-refractivity contribution >= 4 is 16.9 Å². The molecule has 148 valence electrons. The van der Waals surface area contributed by atoms with Crippen molar-refractivity contribution in [3.63, 3.8) is 0 Å². The average molecular weight is 399 g/mol. The fourth-order valence-electron chi connectivity index (χ4n) is 4.11. The van der Waals surface area contributed by atoms with E-state index in [0.29, 0.717) is 29.5 Å². The molecule has 1 aliphatic rings. The summed E-state index contributed by atoms with van der Waals surface area (Å²) in [5.74, 6) is -0.850. The molecule has 0 bridgehead atoms. The number of para-hydroxylation sites is 1. The lowest BCUT2D eigenvalue weighted by Crippen LogP contribution is -2.32. The van der Waals surface area contributed by atoms with Crippen molar-refractivity contribution in [3.8, 4) is 0 Å². The van der Waals surface area contributed by atoms with Gasteiger partial charge in [0, 0.05) is 12.1 Å². The van der Waals surface area contributed by atoms with Crippen LogP contribution < -0.4 is 5.43 Å². The van der Waals surface area contributed by atoms with E-state index in [2.05, 4.69) is 0 Å². The third-order valence-corrected chi connectivity index (χ3v) is 5.56. The second kappa shape index (κ2) is 7.26. The summed E-state index contributed by atoms with van der Waals surface area (Å²) in [6, 6.07) is 22.0. The number of carbonyl (C=O) groups is 1. The zero-order chi connectivity index (χ0) is 20.7. The molecule has 0 N–H and O–H groups in total. The van der Waals surface area contributed by atoms with Gasteiger partial charge in [-0.25, -0.2) is 4.39 Å². The molecular formula is C25H18FNO3. The van der Waals surface area contributed by atoms with Crippen LogP contribution in [-0.2, 0) is 6.42 Å². The first-order valence-electron chi connectivity index (χ1n) is 9.80. The molecule has 0 unspecified atom stereocenters. The SMILES string of the molecule is O=C1c2oc3ccccc3c(=O)c2[C@@H](c2ccccc2F)N1CCc1ccccc1. The Morgan fingerprint density at radius 3 is 2.37 bits per heavy atom. The summed E-state index contributed by atoms with van der Waals surface area (Å²) in [6.45, 7) is 0.335. The van der Waals surface area contributed by atoms with Crippen LogP contribution in [0.3, 0.4) is 0 Å². The number of benzene rings is 3. The number of hydrogen-bond acceptors (Lipinski definition) is 3. The lowest BCUT2D eigenvalue weighted by molar-refractivity contribution is 0.0728. The number of halogens is 1. The first-order valence-corrected chi connectivity index (χ1v) is 9.80. The molecule has 1 aromatic heterocycles. The Bertz CT molecular complexity index is 1310. The van der Waals surface area contributed by atoms with Crippen molar-refractivity contribution in [2.75, 3.05) is 6.54 Å².